The van der Waals surface area contributed by atoms with Gasteiger partial charge in [0, 0.05) is 21.3 Å². The van der Waals surface area contributed by atoms with Gasteiger partial charge in [0.2, 0.25) is 0 Å². The highest BCUT2D eigenvalue weighted by atomic mass is 29.5. The third kappa shape index (κ3) is 5.41. The van der Waals surface area contributed by atoms with Gasteiger partial charge in [0.25, 0.3) is 0 Å². The minimum absolute atomic E-state index is 0.504. The van der Waals surface area contributed by atoms with Crippen LogP contribution in [0.4, 0.5) is 5.69 Å². The van der Waals surface area contributed by atoms with Crippen LogP contribution in [0.15, 0.2) is 30.3 Å². The second-order valence-electron chi connectivity index (χ2n) is 3.71. The minimum atomic E-state index is 0.504. The maximum absolute atomic E-state index is 3.46. The van der Waals surface area contributed by atoms with E-state index >= 15 is 0 Å². The fraction of sp³-hybridized carbons (Fsp3) is 0.400. The Morgan fingerprint density at radius 2 is 1.93 bits per heavy atom. The van der Waals surface area contributed by atoms with Gasteiger partial charge < -0.3 is 5.32 Å². The lowest BCUT2D eigenvalue weighted by Crippen LogP contribution is -2.05. The molecular weight excluding hydrogens is 218 g/mol. The first-order valence-electron chi connectivity index (χ1n) is 5.72. The van der Waals surface area contributed by atoms with Crippen molar-refractivity contribution in [3.63, 3.8) is 0 Å². The fourth-order valence-corrected chi connectivity index (χ4v) is 9.79. The van der Waals surface area contributed by atoms with Crippen molar-refractivity contribution in [1.29, 1.82) is 0 Å². The summed E-state index contributed by atoms with van der Waals surface area (Å²) in [5.41, 5.74) is 1.27. The van der Waals surface area contributed by atoms with Gasteiger partial charge in [0.05, 0.1) is 0 Å². The number of nitrogens with one attached hydrogen (secondary N) is 1. The standard InChI is InChI=1S/C10H21NSi3/c12-14-13-9-5-4-8-11-10-6-2-1-3-7-10/h1-3,6-7,11H,4-5,8-9,13-14H2,12H3. The average molecular weight is 240 g/mol. The zero-order valence-electron chi connectivity index (χ0n) is 9.13. The van der Waals surface area contributed by atoms with E-state index in [4.69, 9.17) is 0 Å². The van der Waals surface area contributed by atoms with Crippen molar-refractivity contribution in [1.82, 2.24) is 0 Å². The predicted octanol–water partition coefficient (Wildman–Crippen LogP) is -0.170. The van der Waals surface area contributed by atoms with Crippen LogP contribution in [-0.4, -0.2) is 33.9 Å². The highest BCUT2D eigenvalue weighted by Crippen LogP contribution is 2.05. The van der Waals surface area contributed by atoms with E-state index in [1.165, 1.54) is 18.5 Å². The van der Waals surface area contributed by atoms with Crippen LogP contribution in [-0.2, 0) is 0 Å². The van der Waals surface area contributed by atoms with E-state index in [0.717, 1.165) is 6.54 Å². The third-order valence-electron chi connectivity index (χ3n) is 2.38. The molecule has 0 radical (unpaired) electrons. The molecule has 1 nitrogen and oxygen atoms in total. The molecule has 14 heavy (non-hydrogen) atoms. The Morgan fingerprint density at radius 3 is 2.64 bits per heavy atom. The maximum atomic E-state index is 3.46. The molecule has 1 N–H and O–H groups in total. The molecular formula is C10H21NSi3. The van der Waals surface area contributed by atoms with Gasteiger partial charge in [-0.2, -0.15) is 0 Å². The van der Waals surface area contributed by atoms with Crippen LogP contribution >= 0.6 is 0 Å². The van der Waals surface area contributed by atoms with E-state index < -0.39 is 0 Å². The summed E-state index contributed by atoms with van der Waals surface area (Å²) in [6.45, 7) is 1.15. The highest BCUT2D eigenvalue weighted by Gasteiger charge is 1.90. The molecule has 0 spiro atoms. The number of benzene rings is 1. The van der Waals surface area contributed by atoms with E-state index in [1.807, 2.05) is 0 Å². The van der Waals surface area contributed by atoms with Crippen molar-refractivity contribution in [2.75, 3.05) is 11.9 Å². The third-order valence-corrected chi connectivity index (χ3v) is 14.1. The smallest absolute Gasteiger partial charge is 0.0340 e. The van der Waals surface area contributed by atoms with Gasteiger partial charge in [-0.05, 0) is 36.9 Å². The molecule has 0 bridgehead atoms. The number of hydrogen-bond donors (Lipinski definition) is 1. The Balaban J connectivity index is 1.99. The second kappa shape index (κ2) is 8.02. The first kappa shape index (κ1) is 11.7. The van der Waals surface area contributed by atoms with Crippen molar-refractivity contribution >= 4 is 33.0 Å². The van der Waals surface area contributed by atoms with Crippen LogP contribution in [0.25, 0.3) is 0 Å². The van der Waals surface area contributed by atoms with Crippen LogP contribution in [0, 0.1) is 0 Å². The Labute approximate surface area is 94.3 Å². The van der Waals surface area contributed by atoms with Crippen molar-refractivity contribution in [2.45, 2.75) is 18.9 Å². The molecule has 0 aliphatic rings. The van der Waals surface area contributed by atoms with Gasteiger partial charge >= 0.3 is 0 Å². The lowest BCUT2D eigenvalue weighted by molar-refractivity contribution is 0.832. The minimum Gasteiger partial charge on any atom is -0.385 e. The first-order valence-corrected chi connectivity index (χ1v) is 16.4. The zero-order chi connectivity index (χ0) is 10.1. The molecule has 0 amide bonds. The van der Waals surface area contributed by atoms with Gasteiger partial charge in [-0.1, -0.05) is 30.7 Å². The first-order chi connectivity index (χ1) is 6.93. The van der Waals surface area contributed by atoms with Crippen LogP contribution in [0.5, 0.6) is 0 Å². The van der Waals surface area contributed by atoms with Crippen molar-refractivity contribution in [2.24, 2.45) is 0 Å². The topological polar surface area (TPSA) is 12.0 Å². The van der Waals surface area contributed by atoms with Crippen LogP contribution in [0.2, 0.25) is 6.04 Å². The van der Waals surface area contributed by atoms with Crippen LogP contribution in [0.3, 0.4) is 0 Å². The second-order valence-corrected chi connectivity index (χ2v) is 20.2. The molecule has 0 atom stereocenters. The normalized spacial score (nSPS) is 12.0. The quantitative estimate of drug-likeness (QED) is 0.515. The fourth-order valence-electron chi connectivity index (χ4n) is 1.52. The molecule has 0 fully saturated rings. The molecule has 1 aromatic rings. The van der Waals surface area contributed by atoms with Crippen LogP contribution < -0.4 is 5.32 Å². The number of hydrogen-bond acceptors (Lipinski definition) is 1. The maximum Gasteiger partial charge on any atom is 0.0340 e. The summed E-state index contributed by atoms with van der Waals surface area (Å²) in [6, 6.07) is 12.1. The molecule has 0 aliphatic carbocycles. The summed E-state index contributed by atoms with van der Waals surface area (Å²) in [5, 5.41) is 3.46. The molecule has 0 saturated carbocycles. The lowest BCUT2D eigenvalue weighted by Gasteiger charge is -2.05. The largest absolute Gasteiger partial charge is 0.385 e. The Morgan fingerprint density at radius 1 is 1.14 bits per heavy atom. The summed E-state index contributed by atoms with van der Waals surface area (Å²) >= 11 is 0. The monoisotopic (exact) mass is 239 g/mol. The van der Waals surface area contributed by atoms with Gasteiger partial charge in [0.15, 0.2) is 0 Å². The molecule has 1 rings (SSSR count). The Kier molecular flexibility index (Phi) is 6.73. The molecule has 4 heteroatoms. The van der Waals surface area contributed by atoms with Crippen LogP contribution in [0.1, 0.15) is 12.8 Å². The van der Waals surface area contributed by atoms with Gasteiger partial charge in [-0.3, -0.25) is 0 Å². The van der Waals surface area contributed by atoms with E-state index in [1.54, 1.807) is 15.8 Å². The van der Waals surface area contributed by atoms with Crippen molar-refractivity contribution < 1.29 is 0 Å². The summed E-state index contributed by atoms with van der Waals surface area (Å²) in [6.07, 6.45) is 2.83. The summed E-state index contributed by atoms with van der Waals surface area (Å²) in [5.74, 6) is 0. The van der Waals surface area contributed by atoms with Gasteiger partial charge in [-0.25, -0.2) is 0 Å². The number of rotatable bonds is 7. The molecule has 0 aliphatic heterocycles. The molecule has 78 valence electrons. The summed E-state index contributed by atoms with van der Waals surface area (Å²) < 4.78 is 0. The zero-order valence-corrected chi connectivity index (χ0v) is 14.0. The SMILES string of the molecule is [SiH3][SiH2][SiH2]CCCCNc1ccccc1. The molecule has 0 heterocycles. The van der Waals surface area contributed by atoms with E-state index in [-0.39, 0.29) is 0 Å². The molecule has 0 aromatic heterocycles. The van der Waals surface area contributed by atoms with Gasteiger partial charge in [-0.15, -0.1) is 0 Å². The van der Waals surface area contributed by atoms with E-state index in [9.17, 15) is 0 Å². The Bertz CT molecular complexity index is 228. The van der Waals surface area contributed by atoms with E-state index in [2.05, 4.69) is 35.6 Å². The Hall–Kier alpha value is -0.329. The van der Waals surface area contributed by atoms with Gasteiger partial charge in [0.1, 0.15) is 0 Å². The lowest BCUT2D eigenvalue weighted by atomic mass is 10.3. The number of para-hydroxylation sites is 1. The summed E-state index contributed by atoms with van der Waals surface area (Å²) in [7, 11) is 2.66. The molecule has 0 saturated heterocycles. The summed E-state index contributed by atoms with van der Waals surface area (Å²) in [4.78, 5) is 0. The predicted molar refractivity (Wildman–Crippen MR) is 76.0 cm³/mol. The van der Waals surface area contributed by atoms with Crippen molar-refractivity contribution in [3.05, 3.63) is 30.3 Å². The molecule has 0 unspecified atom stereocenters. The highest BCUT2D eigenvalue weighted by molar-refractivity contribution is 7.23. The van der Waals surface area contributed by atoms with Crippen molar-refractivity contribution in [3.8, 4) is 0 Å². The number of anilines is 1. The molecule has 1 aromatic carbocycles. The number of unbranched alkanes of at least 4 members (excludes halogenated alkanes) is 1. The average Bonchev–Trinajstić information content (AvgIpc) is 2.25. The van der Waals surface area contributed by atoms with E-state index in [0.29, 0.717) is 17.6 Å².